The third-order valence-corrected chi connectivity index (χ3v) is 3.46. The van der Waals surface area contributed by atoms with Gasteiger partial charge in [0, 0.05) is 0 Å². The van der Waals surface area contributed by atoms with Crippen LogP contribution in [0.4, 0.5) is 0 Å². The number of hydrogen-bond donors (Lipinski definition) is 2. The molecular weight excluding hydrogens is 326 g/mol. The number of methoxy groups -OCH3 is 2. The summed E-state index contributed by atoms with van der Waals surface area (Å²) in [6.45, 7) is 1.74. The van der Waals surface area contributed by atoms with E-state index in [0.717, 1.165) is 0 Å². The molecule has 134 valence electrons. The topological polar surface area (TPSA) is 103 Å². The minimum absolute atomic E-state index is 0.00866. The Morgan fingerprint density at radius 2 is 1.84 bits per heavy atom. The van der Waals surface area contributed by atoms with Gasteiger partial charge in [-0.05, 0) is 18.6 Å². The summed E-state index contributed by atoms with van der Waals surface area (Å²) in [6.07, 6.45) is 0.613. The molecule has 0 aliphatic carbocycles. The van der Waals surface area contributed by atoms with E-state index in [1.807, 2.05) is 6.92 Å². The number of benzene rings is 1. The molecule has 0 unspecified atom stereocenters. The van der Waals surface area contributed by atoms with Gasteiger partial charge in [0.05, 0.1) is 38.5 Å². The SMILES string of the molecule is CC[C@@H](CO)NC(=O)c1ccccc1Oc1nc(OC)cc(OC)n1. The van der Waals surface area contributed by atoms with E-state index < -0.39 is 0 Å². The molecule has 2 aromatic rings. The molecule has 0 saturated heterocycles. The number of carbonyl (C=O) groups is 1. The number of aliphatic hydroxyl groups is 1. The molecule has 1 aromatic heterocycles. The summed E-state index contributed by atoms with van der Waals surface area (Å²) in [7, 11) is 2.93. The Balaban J connectivity index is 2.28. The molecule has 0 bridgehead atoms. The van der Waals surface area contributed by atoms with Crippen LogP contribution < -0.4 is 19.5 Å². The van der Waals surface area contributed by atoms with Gasteiger partial charge in [0.2, 0.25) is 11.8 Å². The highest BCUT2D eigenvalue weighted by molar-refractivity contribution is 5.97. The predicted molar refractivity (Wildman–Crippen MR) is 90.3 cm³/mol. The number of hydrogen-bond acceptors (Lipinski definition) is 7. The molecule has 8 nitrogen and oxygen atoms in total. The van der Waals surface area contributed by atoms with Gasteiger partial charge in [-0.3, -0.25) is 4.79 Å². The van der Waals surface area contributed by atoms with Crippen molar-refractivity contribution in [2.75, 3.05) is 20.8 Å². The summed E-state index contributed by atoms with van der Waals surface area (Å²) >= 11 is 0. The van der Waals surface area contributed by atoms with Crippen LogP contribution in [0.3, 0.4) is 0 Å². The summed E-state index contributed by atoms with van der Waals surface area (Å²) in [5, 5.41) is 12.0. The Morgan fingerprint density at radius 3 is 2.40 bits per heavy atom. The molecule has 0 saturated carbocycles. The summed E-state index contributed by atoms with van der Waals surface area (Å²) in [6, 6.07) is 7.87. The number of carbonyl (C=O) groups excluding carboxylic acids is 1. The molecular formula is C17H21N3O5. The number of para-hydroxylation sites is 1. The maximum absolute atomic E-state index is 12.4. The van der Waals surface area contributed by atoms with Crippen LogP contribution in [0.5, 0.6) is 23.5 Å². The fourth-order valence-corrected chi connectivity index (χ4v) is 2.02. The van der Waals surface area contributed by atoms with E-state index in [4.69, 9.17) is 14.2 Å². The van der Waals surface area contributed by atoms with Crippen molar-refractivity contribution in [3.63, 3.8) is 0 Å². The van der Waals surface area contributed by atoms with Crippen molar-refractivity contribution in [2.24, 2.45) is 0 Å². The van der Waals surface area contributed by atoms with Crippen molar-refractivity contribution in [2.45, 2.75) is 19.4 Å². The molecule has 2 N–H and O–H groups in total. The van der Waals surface area contributed by atoms with E-state index in [0.29, 0.717) is 12.0 Å². The van der Waals surface area contributed by atoms with Gasteiger partial charge in [-0.25, -0.2) is 0 Å². The van der Waals surface area contributed by atoms with Crippen molar-refractivity contribution < 1.29 is 24.1 Å². The minimum atomic E-state index is -0.355. The van der Waals surface area contributed by atoms with Gasteiger partial charge in [-0.1, -0.05) is 19.1 Å². The Hall–Kier alpha value is -2.87. The molecule has 25 heavy (non-hydrogen) atoms. The third kappa shape index (κ3) is 4.80. The zero-order valence-electron chi connectivity index (χ0n) is 14.4. The quantitative estimate of drug-likeness (QED) is 0.750. The Labute approximate surface area is 145 Å². The number of aliphatic hydroxyl groups excluding tert-OH is 1. The van der Waals surface area contributed by atoms with E-state index in [2.05, 4.69) is 15.3 Å². The van der Waals surface area contributed by atoms with Gasteiger partial charge in [0.25, 0.3) is 5.91 Å². The Kier molecular flexibility index (Phi) is 6.53. The number of nitrogens with zero attached hydrogens (tertiary/aromatic N) is 2. The molecule has 1 atom stereocenters. The molecule has 0 spiro atoms. The van der Waals surface area contributed by atoms with Gasteiger partial charge in [0.1, 0.15) is 5.75 Å². The van der Waals surface area contributed by atoms with Crippen molar-refractivity contribution >= 4 is 5.91 Å². The standard InChI is InChI=1S/C17H21N3O5/c1-4-11(10-21)18-16(22)12-7-5-6-8-13(12)25-17-19-14(23-2)9-15(20-17)24-3/h5-9,11,21H,4,10H2,1-3H3,(H,18,22)/t11-/m0/s1. The Bertz CT molecular complexity index is 697. The van der Waals surface area contributed by atoms with Crippen molar-refractivity contribution in [1.82, 2.24) is 15.3 Å². The zero-order chi connectivity index (χ0) is 18.2. The van der Waals surface area contributed by atoms with Gasteiger partial charge < -0.3 is 24.6 Å². The average molecular weight is 347 g/mol. The van der Waals surface area contributed by atoms with Crippen LogP contribution in [0.25, 0.3) is 0 Å². The average Bonchev–Trinajstić information content (AvgIpc) is 2.65. The first-order valence-corrected chi connectivity index (χ1v) is 7.76. The van der Waals surface area contributed by atoms with Crippen molar-refractivity contribution in [3.05, 3.63) is 35.9 Å². The van der Waals surface area contributed by atoms with Crippen LogP contribution in [-0.4, -0.2) is 47.8 Å². The number of ether oxygens (including phenoxy) is 3. The number of aromatic nitrogens is 2. The monoisotopic (exact) mass is 347 g/mol. The van der Waals surface area contributed by atoms with E-state index in [-0.39, 0.29) is 42.1 Å². The highest BCUT2D eigenvalue weighted by atomic mass is 16.5. The lowest BCUT2D eigenvalue weighted by Gasteiger charge is -2.16. The van der Waals surface area contributed by atoms with E-state index in [1.54, 1.807) is 24.3 Å². The number of nitrogens with one attached hydrogen (secondary N) is 1. The van der Waals surface area contributed by atoms with Crippen LogP contribution >= 0.6 is 0 Å². The number of rotatable bonds is 8. The highest BCUT2D eigenvalue weighted by Crippen LogP contribution is 2.26. The van der Waals surface area contributed by atoms with E-state index in [9.17, 15) is 9.90 Å². The summed E-state index contributed by atoms with van der Waals surface area (Å²) in [4.78, 5) is 20.6. The zero-order valence-corrected chi connectivity index (χ0v) is 14.4. The molecule has 1 amide bonds. The summed E-state index contributed by atoms with van der Waals surface area (Å²) < 4.78 is 15.8. The van der Waals surface area contributed by atoms with Crippen molar-refractivity contribution in [1.29, 1.82) is 0 Å². The van der Waals surface area contributed by atoms with Gasteiger partial charge in [-0.15, -0.1) is 0 Å². The van der Waals surface area contributed by atoms with Crippen LogP contribution in [0, 0.1) is 0 Å². The maximum atomic E-state index is 12.4. The summed E-state index contributed by atoms with van der Waals surface area (Å²) in [5.74, 6) is 0.472. The lowest BCUT2D eigenvalue weighted by atomic mass is 10.1. The first-order valence-electron chi connectivity index (χ1n) is 7.76. The maximum Gasteiger partial charge on any atom is 0.328 e. The van der Waals surface area contributed by atoms with Gasteiger partial charge in [0.15, 0.2) is 0 Å². The molecule has 1 heterocycles. The van der Waals surface area contributed by atoms with Gasteiger partial charge >= 0.3 is 6.01 Å². The smallest absolute Gasteiger partial charge is 0.328 e. The number of amides is 1. The summed E-state index contributed by atoms with van der Waals surface area (Å²) in [5.41, 5.74) is 0.305. The molecule has 1 aromatic carbocycles. The largest absolute Gasteiger partial charge is 0.481 e. The lowest BCUT2D eigenvalue weighted by molar-refractivity contribution is 0.0912. The van der Waals surface area contributed by atoms with Crippen LogP contribution in [0.15, 0.2) is 30.3 Å². The Morgan fingerprint density at radius 1 is 1.20 bits per heavy atom. The molecule has 0 fully saturated rings. The predicted octanol–water partition coefficient (Wildman–Crippen LogP) is 1.79. The van der Waals surface area contributed by atoms with Crippen LogP contribution in [-0.2, 0) is 0 Å². The fraction of sp³-hybridized carbons (Fsp3) is 0.353. The molecule has 0 aliphatic heterocycles. The first kappa shape index (κ1) is 18.5. The third-order valence-electron chi connectivity index (χ3n) is 3.46. The second kappa shape index (κ2) is 8.84. The molecule has 8 heteroatoms. The van der Waals surface area contributed by atoms with Crippen molar-refractivity contribution in [3.8, 4) is 23.5 Å². The minimum Gasteiger partial charge on any atom is -0.481 e. The lowest BCUT2D eigenvalue weighted by Crippen LogP contribution is -2.37. The van der Waals surface area contributed by atoms with E-state index >= 15 is 0 Å². The molecule has 2 rings (SSSR count). The van der Waals surface area contributed by atoms with Crippen LogP contribution in [0.1, 0.15) is 23.7 Å². The first-order chi connectivity index (χ1) is 12.1. The second-order valence-electron chi connectivity index (χ2n) is 5.09. The fourth-order valence-electron chi connectivity index (χ4n) is 2.02. The second-order valence-corrected chi connectivity index (χ2v) is 5.09. The van der Waals surface area contributed by atoms with Gasteiger partial charge in [-0.2, -0.15) is 9.97 Å². The highest BCUT2D eigenvalue weighted by Gasteiger charge is 2.17. The van der Waals surface area contributed by atoms with E-state index in [1.165, 1.54) is 20.3 Å². The normalized spacial score (nSPS) is 11.5. The molecule has 0 aliphatic rings. The van der Waals surface area contributed by atoms with Crippen LogP contribution in [0.2, 0.25) is 0 Å². The molecule has 0 radical (unpaired) electrons.